The Kier molecular flexibility index (Phi) is 2.31. The molecule has 0 radical (unpaired) electrons. The molecule has 0 spiro atoms. The lowest BCUT2D eigenvalue weighted by atomic mass is 10.3. The van der Waals surface area contributed by atoms with Gasteiger partial charge in [-0.05, 0) is 12.1 Å². The fraction of sp³-hybridized carbons (Fsp3) is 0. The van der Waals surface area contributed by atoms with Gasteiger partial charge < -0.3 is 5.11 Å². The Morgan fingerprint density at radius 2 is 2.25 bits per heavy atom. The summed E-state index contributed by atoms with van der Waals surface area (Å²) < 4.78 is 1.09. The van der Waals surface area contributed by atoms with Crippen LogP contribution in [-0.2, 0) is 0 Å². The van der Waals surface area contributed by atoms with Crippen LogP contribution in [0.5, 0.6) is 0 Å². The van der Waals surface area contributed by atoms with Crippen LogP contribution in [-0.4, -0.2) is 30.8 Å². The third kappa shape index (κ3) is 1.59. The number of hydrogen-bond acceptors (Lipinski definition) is 5. The number of hydrogen-bond donors (Lipinski definition) is 1. The second-order valence-corrected chi connectivity index (χ2v) is 2.82. The molecule has 2 aromatic rings. The third-order valence-corrected chi connectivity index (χ3v) is 1.83. The van der Waals surface area contributed by atoms with Crippen molar-refractivity contribution >= 4 is 5.97 Å². The zero-order chi connectivity index (χ0) is 11.5. The minimum atomic E-state index is -1.19. The highest BCUT2D eigenvalue weighted by atomic mass is 16.4. The van der Waals surface area contributed by atoms with Crippen molar-refractivity contribution in [1.82, 2.24) is 19.7 Å². The Labute approximate surface area is 89.6 Å². The van der Waals surface area contributed by atoms with Gasteiger partial charge >= 0.3 is 5.97 Å². The first-order valence-corrected chi connectivity index (χ1v) is 4.22. The number of nitrogens with zero attached hydrogens (tertiary/aromatic N) is 5. The fourth-order valence-corrected chi connectivity index (χ4v) is 1.13. The summed E-state index contributed by atoms with van der Waals surface area (Å²) >= 11 is 0. The molecule has 7 heteroatoms. The SMILES string of the molecule is N#Cc1ccc(-n2ncnc2C(=O)O)nc1. The predicted octanol–water partition coefficient (Wildman–Crippen LogP) is 0.232. The topological polar surface area (TPSA) is 105 Å². The molecule has 0 aromatic carbocycles. The van der Waals surface area contributed by atoms with Gasteiger partial charge in [0.15, 0.2) is 5.82 Å². The molecule has 0 unspecified atom stereocenters. The normalized spacial score (nSPS) is 9.69. The van der Waals surface area contributed by atoms with Gasteiger partial charge in [0.25, 0.3) is 0 Å². The zero-order valence-corrected chi connectivity index (χ0v) is 7.90. The fourth-order valence-electron chi connectivity index (χ4n) is 1.13. The van der Waals surface area contributed by atoms with Gasteiger partial charge in [-0.2, -0.15) is 15.0 Å². The van der Waals surface area contributed by atoms with Gasteiger partial charge in [0.1, 0.15) is 12.4 Å². The molecule has 0 amide bonds. The van der Waals surface area contributed by atoms with Crippen LogP contribution in [0.25, 0.3) is 5.82 Å². The van der Waals surface area contributed by atoms with Crippen molar-refractivity contribution in [2.45, 2.75) is 0 Å². The zero-order valence-electron chi connectivity index (χ0n) is 7.90. The van der Waals surface area contributed by atoms with Gasteiger partial charge in [0.2, 0.25) is 5.82 Å². The summed E-state index contributed by atoms with van der Waals surface area (Å²) in [5, 5.41) is 21.1. The summed E-state index contributed by atoms with van der Waals surface area (Å²) in [6, 6.07) is 4.94. The lowest BCUT2D eigenvalue weighted by Gasteiger charge is -2.00. The van der Waals surface area contributed by atoms with E-state index in [9.17, 15) is 4.79 Å². The molecule has 0 atom stereocenters. The number of carbonyl (C=O) groups is 1. The van der Waals surface area contributed by atoms with Crippen molar-refractivity contribution in [3.63, 3.8) is 0 Å². The minimum absolute atomic E-state index is 0.225. The Bertz CT molecular complexity index is 566. The van der Waals surface area contributed by atoms with Gasteiger partial charge in [-0.1, -0.05) is 0 Å². The van der Waals surface area contributed by atoms with Crippen LogP contribution in [0.15, 0.2) is 24.7 Å². The molecule has 78 valence electrons. The van der Waals surface area contributed by atoms with E-state index >= 15 is 0 Å². The van der Waals surface area contributed by atoms with E-state index in [0.717, 1.165) is 11.0 Å². The van der Waals surface area contributed by atoms with Crippen LogP contribution in [0.4, 0.5) is 0 Å². The van der Waals surface area contributed by atoms with E-state index < -0.39 is 5.97 Å². The maximum atomic E-state index is 10.8. The van der Waals surface area contributed by atoms with Crippen molar-refractivity contribution in [2.24, 2.45) is 0 Å². The van der Waals surface area contributed by atoms with Crippen LogP contribution >= 0.6 is 0 Å². The first-order valence-electron chi connectivity index (χ1n) is 4.22. The first kappa shape index (κ1) is 9.79. The van der Waals surface area contributed by atoms with E-state index in [2.05, 4.69) is 15.1 Å². The van der Waals surface area contributed by atoms with Gasteiger partial charge in [0.05, 0.1) is 5.56 Å². The summed E-state index contributed by atoms with van der Waals surface area (Å²) in [5.74, 6) is -1.12. The van der Waals surface area contributed by atoms with Crippen LogP contribution < -0.4 is 0 Å². The summed E-state index contributed by atoms with van der Waals surface area (Å²) in [7, 11) is 0. The van der Waals surface area contributed by atoms with Crippen LogP contribution in [0.2, 0.25) is 0 Å². The van der Waals surface area contributed by atoms with E-state index in [4.69, 9.17) is 10.4 Å². The number of rotatable bonds is 2. The van der Waals surface area contributed by atoms with Crippen LogP contribution in [0.3, 0.4) is 0 Å². The monoisotopic (exact) mass is 215 g/mol. The van der Waals surface area contributed by atoms with Gasteiger partial charge in [0, 0.05) is 6.20 Å². The summed E-state index contributed by atoms with van der Waals surface area (Å²) in [5.41, 5.74) is 0.390. The standard InChI is InChI=1S/C9H5N5O2/c10-3-6-1-2-7(11-4-6)14-8(9(15)16)12-5-13-14/h1-2,4-5H,(H,15,16). The second kappa shape index (κ2) is 3.78. The molecule has 0 fully saturated rings. The number of carboxylic acid groups (broad SMARTS) is 1. The molecule has 7 nitrogen and oxygen atoms in total. The molecule has 2 aromatic heterocycles. The minimum Gasteiger partial charge on any atom is -0.475 e. The maximum Gasteiger partial charge on any atom is 0.374 e. The third-order valence-electron chi connectivity index (χ3n) is 1.83. The highest BCUT2D eigenvalue weighted by Crippen LogP contribution is 2.06. The number of aromatic nitrogens is 4. The van der Waals surface area contributed by atoms with Crippen LogP contribution in [0.1, 0.15) is 16.2 Å². The molecule has 0 bridgehead atoms. The molecule has 1 N–H and O–H groups in total. The Balaban J connectivity index is 2.47. The van der Waals surface area contributed by atoms with Crippen molar-refractivity contribution < 1.29 is 9.90 Å². The Hall–Kier alpha value is -2.75. The average Bonchev–Trinajstić information content (AvgIpc) is 2.78. The van der Waals surface area contributed by atoms with Crippen molar-refractivity contribution in [3.05, 3.63) is 36.0 Å². The number of aromatic carboxylic acids is 1. The van der Waals surface area contributed by atoms with E-state index in [0.29, 0.717) is 11.4 Å². The van der Waals surface area contributed by atoms with Crippen molar-refractivity contribution in [2.75, 3.05) is 0 Å². The molecular formula is C9H5N5O2. The molecule has 0 saturated heterocycles. The molecular weight excluding hydrogens is 210 g/mol. The number of nitriles is 1. The molecule has 0 aliphatic carbocycles. The largest absolute Gasteiger partial charge is 0.475 e. The maximum absolute atomic E-state index is 10.8. The molecule has 0 saturated carbocycles. The Morgan fingerprint density at radius 3 is 2.81 bits per heavy atom. The van der Waals surface area contributed by atoms with E-state index in [1.165, 1.54) is 18.3 Å². The lowest BCUT2D eigenvalue weighted by Crippen LogP contribution is -2.10. The van der Waals surface area contributed by atoms with Crippen molar-refractivity contribution in [1.29, 1.82) is 5.26 Å². The highest BCUT2D eigenvalue weighted by Gasteiger charge is 2.14. The molecule has 2 rings (SSSR count). The van der Waals surface area contributed by atoms with E-state index in [1.807, 2.05) is 6.07 Å². The number of carboxylic acids is 1. The summed E-state index contributed by atoms with van der Waals surface area (Å²) in [4.78, 5) is 18.3. The predicted molar refractivity (Wildman–Crippen MR) is 50.8 cm³/mol. The quantitative estimate of drug-likeness (QED) is 0.768. The summed E-state index contributed by atoms with van der Waals surface area (Å²) in [6.45, 7) is 0. The summed E-state index contributed by atoms with van der Waals surface area (Å²) in [6.07, 6.45) is 2.46. The highest BCUT2D eigenvalue weighted by molar-refractivity contribution is 5.83. The van der Waals surface area contributed by atoms with E-state index in [-0.39, 0.29) is 5.82 Å². The molecule has 0 aliphatic rings. The van der Waals surface area contributed by atoms with Gasteiger partial charge in [-0.15, -0.1) is 0 Å². The second-order valence-electron chi connectivity index (χ2n) is 2.82. The smallest absolute Gasteiger partial charge is 0.374 e. The van der Waals surface area contributed by atoms with E-state index in [1.54, 1.807) is 0 Å². The molecule has 2 heterocycles. The average molecular weight is 215 g/mol. The molecule has 0 aliphatic heterocycles. The lowest BCUT2D eigenvalue weighted by molar-refractivity contribution is 0.0680. The molecule has 16 heavy (non-hydrogen) atoms. The van der Waals surface area contributed by atoms with Gasteiger partial charge in [-0.3, -0.25) is 0 Å². The Morgan fingerprint density at radius 1 is 1.44 bits per heavy atom. The van der Waals surface area contributed by atoms with Crippen molar-refractivity contribution in [3.8, 4) is 11.9 Å². The van der Waals surface area contributed by atoms with Crippen LogP contribution in [0, 0.1) is 11.3 Å². The van der Waals surface area contributed by atoms with Gasteiger partial charge in [-0.25, -0.2) is 14.8 Å². The first-order chi connectivity index (χ1) is 7.72. The number of pyridine rings is 1.